The Bertz CT molecular complexity index is 913. The van der Waals surface area contributed by atoms with E-state index in [0.29, 0.717) is 31.8 Å². The molecule has 2 aromatic heterocycles. The highest BCUT2D eigenvalue weighted by Crippen LogP contribution is 2.42. The van der Waals surface area contributed by atoms with Crippen molar-refractivity contribution < 1.29 is 13.2 Å². The first-order valence-electron chi connectivity index (χ1n) is 7.76. The summed E-state index contributed by atoms with van der Waals surface area (Å²) in [7, 11) is -3.35. The number of pyridine rings is 1. The van der Waals surface area contributed by atoms with Crippen LogP contribution in [0.15, 0.2) is 0 Å². The van der Waals surface area contributed by atoms with Crippen LogP contribution in [-0.4, -0.2) is 62.2 Å². The Labute approximate surface area is 153 Å². The maximum atomic E-state index is 12.3. The normalized spacial score (nSPS) is 21.5. The Morgan fingerprint density at radius 2 is 2.17 bits per heavy atom. The minimum atomic E-state index is -3.35. The minimum absolute atomic E-state index is 0.193. The third kappa shape index (κ3) is 2.46. The van der Waals surface area contributed by atoms with Gasteiger partial charge >= 0.3 is 0 Å². The van der Waals surface area contributed by atoms with Gasteiger partial charge in [0.2, 0.25) is 10.0 Å². The average Bonchev–Trinajstić information content (AvgIpc) is 3.10. The van der Waals surface area contributed by atoms with E-state index in [1.54, 1.807) is 0 Å². The zero-order chi connectivity index (χ0) is 17.1. The number of hydrogen-bond acceptors (Lipinski definition) is 6. The first kappa shape index (κ1) is 16.3. The fourth-order valence-electron chi connectivity index (χ4n) is 3.47. The lowest BCUT2D eigenvalue weighted by molar-refractivity contribution is 0.0985. The molecule has 0 radical (unpaired) electrons. The van der Waals surface area contributed by atoms with Crippen LogP contribution in [0.25, 0.3) is 11.0 Å². The molecule has 0 bridgehead atoms. The molecule has 0 unspecified atom stereocenters. The van der Waals surface area contributed by atoms with Crippen LogP contribution in [0.5, 0.6) is 0 Å². The number of anilines is 2. The molecule has 1 saturated heterocycles. The lowest BCUT2D eigenvalue weighted by Gasteiger charge is -2.35. The number of ether oxygens (including phenoxy) is 1. The zero-order valence-electron chi connectivity index (χ0n) is 13.4. The van der Waals surface area contributed by atoms with Crippen molar-refractivity contribution in [2.45, 2.75) is 19.4 Å². The van der Waals surface area contributed by atoms with Gasteiger partial charge in [-0.3, -0.25) is 9.40 Å². The van der Waals surface area contributed by atoms with Crippen molar-refractivity contribution in [1.29, 1.82) is 0 Å². The predicted molar refractivity (Wildman–Crippen MR) is 100 cm³/mol. The summed E-state index contributed by atoms with van der Waals surface area (Å²) in [6.07, 6.45) is 1.91. The molecule has 0 aliphatic carbocycles. The van der Waals surface area contributed by atoms with E-state index in [4.69, 9.17) is 9.72 Å². The number of aromatic nitrogens is 3. The van der Waals surface area contributed by atoms with Crippen molar-refractivity contribution in [2.75, 3.05) is 41.8 Å². The summed E-state index contributed by atoms with van der Waals surface area (Å²) in [5, 5.41) is 7.99. The number of fused-ring (bicyclic) bond motifs is 3. The van der Waals surface area contributed by atoms with Crippen LogP contribution in [0.1, 0.15) is 12.5 Å². The van der Waals surface area contributed by atoms with Gasteiger partial charge in [0.25, 0.3) is 0 Å². The summed E-state index contributed by atoms with van der Waals surface area (Å²) < 4.78 is 32.3. The summed E-state index contributed by atoms with van der Waals surface area (Å²) in [6.45, 7) is 4.57. The van der Waals surface area contributed by atoms with Crippen LogP contribution < -0.4 is 9.21 Å². The fraction of sp³-hybridized carbons (Fsp3) is 0.571. The number of sulfonamides is 1. The second-order valence-corrected chi connectivity index (χ2v) is 9.19. The molecule has 0 aromatic carbocycles. The highest BCUT2D eigenvalue weighted by atomic mass is 127. The van der Waals surface area contributed by atoms with Gasteiger partial charge in [-0.05, 0) is 35.9 Å². The molecular weight excluding hydrogens is 445 g/mol. The van der Waals surface area contributed by atoms with E-state index in [0.717, 1.165) is 32.7 Å². The Balaban J connectivity index is 1.98. The molecular formula is C14H18IN5O3S. The minimum Gasteiger partial charge on any atom is -0.377 e. The van der Waals surface area contributed by atoms with Crippen molar-refractivity contribution in [2.24, 2.45) is 0 Å². The predicted octanol–water partition coefficient (Wildman–Crippen LogP) is 1.11. The van der Waals surface area contributed by atoms with Gasteiger partial charge in [-0.25, -0.2) is 13.4 Å². The monoisotopic (exact) mass is 463 g/mol. The van der Waals surface area contributed by atoms with E-state index >= 15 is 0 Å². The lowest BCUT2D eigenvalue weighted by atomic mass is 10.1. The summed E-state index contributed by atoms with van der Waals surface area (Å²) >= 11 is 2.14. The molecule has 8 nitrogen and oxygen atoms in total. The van der Waals surface area contributed by atoms with Crippen molar-refractivity contribution in [3.63, 3.8) is 0 Å². The molecule has 1 N–H and O–H groups in total. The average molecular weight is 463 g/mol. The number of hydrogen-bond donors (Lipinski definition) is 1. The first-order valence-corrected chi connectivity index (χ1v) is 10.7. The highest BCUT2D eigenvalue weighted by molar-refractivity contribution is 14.1. The van der Waals surface area contributed by atoms with Crippen LogP contribution in [0, 0.1) is 3.70 Å². The number of nitrogens with one attached hydrogen (secondary N) is 1. The van der Waals surface area contributed by atoms with Gasteiger partial charge in [-0.15, -0.1) is 0 Å². The van der Waals surface area contributed by atoms with E-state index in [1.165, 1.54) is 10.6 Å². The maximum absolute atomic E-state index is 12.3. The molecule has 1 atom stereocenters. The quantitative estimate of drug-likeness (QED) is 0.672. The Morgan fingerprint density at radius 1 is 1.38 bits per heavy atom. The van der Waals surface area contributed by atoms with Crippen LogP contribution in [0.2, 0.25) is 0 Å². The van der Waals surface area contributed by atoms with Crippen molar-refractivity contribution in [3.8, 4) is 0 Å². The molecule has 4 rings (SSSR count). The summed E-state index contributed by atoms with van der Waals surface area (Å²) in [4.78, 5) is 6.96. The largest absolute Gasteiger partial charge is 0.377 e. The molecule has 2 aliphatic rings. The Morgan fingerprint density at radius 3 is 2.88 bits per heavy atom. The second-order valence-electron chi connectivity index (χ2n) is 6.20. The Kier molecular flexibility index (Phi) is 3.88. The molecule has 2 aromatic rings. The molecule has 10 heteroatoms. The molecule has 0 amide bonds. The molecule has 4 heterocycles. The van der Waals surface area contributed by atoms with E-state index < -0.39 is 10.0 Å². The first-order chi connectivity index (χ1) is 11.4. The second kappa shape index (κ2) is 5.70. The van der Waals surface area contributed by atoms with Gasteiger partial charge in [0.1, 0.15) is 9.52 Å². The number of nitrogens with zero attached hydrogens (tertiary/aromatic N) is 4. The molecule has 0 saturated carbocycles. The number of morpholine rings is 1. The molecule has 24 heavy (non-hydrogen) atoms. The van der Waals surface area contributed by atoms with Gasteiger partial charge in [0.05, 0.1) is 36.6 Å². The van der Waals surface area contributed by atoms with Crippen LogP contribution >= 0.6 is 22.6 Å². The third-order valence-corrected chi connectivity index (χ3v) is 6.51. The smallest absolute Gasteiger partial charge is 0.232 e. The van der Waals surface area contributed by atoms with Crippen LogP contribution in [0.3, 0.4) is 0 Å². The topological polar surface area (TPSA) is 91.4 Å². The molecule has 1 fully saturated rings. The molecule has 0 spiro atoms. The van der Waals surface area contributed by atoms with Gasteiger partial charge in [-0.1, -0.05) is 0 Å². The fourth-order valence-corrected chi connectivity index (χ4v) is 5.04. The lowest BCUT2D eigenvalue weighted by Crippen LogP contribution is -2.44. The Hall–Kier alpha value is -1.14. The number of H-pyrrole nitrogens is 1. The number of rotatable bonds is 2. The summed E-state index contributed by atoms with van der Waals surface area (Å²) in [5.41, 5.74) is 2.28. The van der Waals surface area contributed by atoms with E-state index in [9.17, 15) is 8.42 Å². The zero-order valence-corrected chi connectivity index (χ0v) is 16.4. The van der Waals surface area contributed by atoms with Gasteiger partial charge in [0, 0.05) is 18.7 Å². The third-order valence-electron chi connectivity index (χ3n) is 4.56. The van der Waals surface area contributed by atoms with E-state index in [1.807, 2.05) is 0 Å². The van der Waals surface area contributed by atoms with E-state index in [2.05, 4.69) is 44.6 Å². The number of halogens is 1. The highest BCUT2D eigenvalue weighted by Gasteiger charge is 2.35. The SMILES string of the molecule is C[C@@H]1COCCN1c1nc2n[nH]c(I)c2c2c1CCN2S(C)(=O)=O. The maximum Gasteiger partial charge on any atom is 0.232 e. The molecule has 130 valence electrons. The van der Waals surface area contributed by atoms with Gasteiger partial charge in [0.15, 0.2) is 5.65 Å². The van der Waals surface area contributed by atoms with Gasteiger partial charge < -0.3 is 9.64 Å². The van der Waals surface area contributed by atoms with E-state index in [-0.39, 0.29) is 6.04 Å². The van der Waals surface area contributed by atoms with Crippen LogP contribution in [-0.2, 0) is 21.2 Å². The van der Waals surface area contributed by atoms with Crippen LogP contribution in [0.4, 0.5) is 11.5 Å². The van der Waals surface area contributed by atoms with Crippen molar-refractivity contribution in [3.05, 3.63) is 9.26 Å². The summed E-state index contributed by atoms with van der Waals surface area (Å²) in [6, 6.07) is 0.193. The van der Waals surface area contributed by atoms with Crippen molar-refractivity contribution >= 4 is 55.2 Å². The van der Waals surface area contributed by atoms with Gasteiger partial charge in [-0.2, -0.15) is 5.10 Å². The summed E-state index contributed by atoms with van der Waals surface area (Å²) in [5.74, 6) is 0.836. The molecule has 2 aliphatic heterocycles. The number of aromatic amines is 1. The standard InChI is InChI=1S/C14H18IN5O3S/c1-8-7-23-6-5-19(8)14-9-3-4-20(24(2,21)22)11(9)10-12(15)17-18-13(10)16-14/h8H,3-7H2,1-2H3,(H,16,17,18)/t8-/m1/s1. The van der Waals surface area contributed by atoms with Crippen molar-refractivity contribution in [1.82, 2.24) is 15.2 Å².